The second-order valence-electron chi connectivity index (χ2n) is 5.71. The number of rotatable bonds is 2. The lowest BCUT2D eigenvalue weighted by Crippen LogP contribution is -2.19. The number of hydrogen-bond donors (Lipinski definition) is 1. The monoisotopic (exact) mass is 275 g/mol. The van der Waals surface area contributed by atoms with Gasteiger partial charge in [-0.15, -0.1) is 5.10 Å². The van der Waals surface area contributed by atoms with Crippen molar-refractivity contribution in [1.82, 2.24) is 15.0 Å². The molecule has 1 aromatic carbocycles. The van der Waals surface area contributed by atoms with Gasteiger partial charge in [0.1, 0.15) is 0 Å². The van der Waals surface area contributed by atoms with Crippen LogP contribution in [0.1, 0.15) is 32.0 Å². The van der Waals surface area contributed by atoms with Crippen molar-refractivity contribution in [2.45, 2.75) is 33.1 Å². The number of nitro groups is 1. The van der Waals surface area contributed by atoms with E-state index in [1.165, 1.54) is 6.07 Å². The Morgan fingerprint density at radius 1 is 1.35 bits per heavy atom. The average molecular weight is 275 g/mol. The molecule has 0 atom stereocenters. The van der Waals surface area contributed by atoms with Gasteiger partial charge in [0.15, 0.2) is 5.82 Å². The molecule has 106 valence electrons. The van der Waals surface area contributed by atoms with E-state index in [9.17, 15) is 10.1 Å². The summed E-state index contributed by atoms with van der Waals surface area (Å²) in [7, 11) is 0. The van der Waals surface area contributed by atoms with Gasteiger partial charge in [-0.3, -0.25) is 10.1 Å². The molecule has 0 spiro atoms. The van der Waals surface area contributed by atoms with Gasteiger partial charge in [-0.05, 0) is 13.0 Å². The molecular formula is C13H17N5O2. The number of nitrogens with two attached hydrogens (primary N) is 1. The van der Waals surface area contributed by atoms with Gasteiger partial charge in [-0.2, -0.15) is 0 Å². The molecule has 2 rings (SSSR count). The van der Waals surface area contributed by atoms with Crippen LogP contribution in [0.4, 0.5) is 11.5 Å². The van der Waals surface area contributed by atoms with E-state index in [4.69, 9.17) is 5.73 Å². The summed E-state index contributed by atoms with van der Waals surface area (Å²) in [5.41, 5.74) is 7.56. The van der Waals surface area contributed by atoms with E-state index >= 15 is 0 Å². The number of nitrogen functional groups attached to an aromatic ring is 1. The molecule has 0 unspecified atom stereocenters. The summed E-state index contributed by atoms with van der Waals surface area (Å²) in [5.74, 6) is 0.334. The third-order valence-corrected chi connectivity index (χ3v) is 3.04. The zero-order chi connectivity index (χ0) is 15.1. The Balaban J connectivity index is 2.64. The summed E-state index contributed by atoms with van der Waals surface area (Å²) < 4.78 is 1.56. The van der Waals surface area contributed by atoms with E-state index in [0.717, 1.165) is 5.69 Å². The first-order valence-corrected chi connectivity index (χ1v) is 6.19. The van der Waals surface area contributed by atoms with Gasteiger partial charge in [-0.25, -0.2) is 4.68 Å². The molecule has 0 saturated carbocycles. The maximum absolute atomic E-state index is 11.0. The molecule has 0 aliphatic rings. The fourth-order valence-corrected chi connectivity index (χ4v) is 2.10. The van der Waals surface area contributed by atoms with Crippen molar-refractivity contribution in [3.05, 3.63) is 39.6 Å². The molecule has 7 nitrogen and oxygen atoms in total. The second kappa shape index (κ2) is 4.59. The number of aromatic nitrogens is 3. The van der Waals surface area contributed by atoms with E-state index in [0.29, 0.717) is 17.1 Å². The fraction of sp³-hybridized carbons (Fsp3) is 0.385. The Morgan fingerprint density at radius 3 is 2.55 bits per heavy atom. The van der Waals surface area contributed by atoms with Crippen molar-refractivity contribution in [2.24, 2.45) is 0 Å². The molecule has 20 heavy (non-hydrogen) atoms. The van der Waals surface area contributed by atoms with E-state index in [1.54, 1.807) is 23.7 Å². The zero-order valence-electron chi connectivity index (χ0n) is 11.9. The van der Waals surface area contributed by atoms with Crippen LogP contribution >= 0.6 is 0 Å². The van der Waals surface area contributed by atoms with Gasteiger partial charge in [0.2, 0.25) is 0 Å². The molecule has 0 aliphatic heterocycles. The molecule has 2 aromatic rings. The second-order valence-corrected chi connectivity index (χ2v) is 5.71. The smallest absolute Gasteiger partial charge is 0.274 e. The van der Waals surface area contributed by atoms with Gasteiger partial charge >= 0.3 is 0 Å². The number of anilines is 1. The Bertz CT molecular complexity index is 670. The minimum absolute atomic E-state index is 0.0523. The zero-order valence-corrected chi connectivity index (χ0v) is 11.9. The van der Waals surface area contributed by atoms with Crippen molar-refractivity contribution >= 4 is 11.5 Å². The maximum Gasteiger partial charge on any atom is 0.274 e. The topological polar surface area (TPSA) is 99.9 Å². The van der Waals surface area contributed by atoms with E-state index in [1.807, 2.05) is 20.8 Å². The van der Waals surface area contributed by atoms with Crippen LogP contribution < -0.4 is 5.73 Å². The average Bonchev–Trinajstić information content (AvgIpc) is 2.71. The first kappa shape index (κ1) is 14.0. The highest BCUT2D eigenvalue weighted by molar-refractivity contribution is 5.51. The summed E-state index contributed by atoms with van der Waals surface area (Å²) in [6, 6.07) is 4.95. The van der Waals surface area contributed by atoms with Crippen LogP contribution in [0.2, 0.25) is 0 Å². The van der Waals surface area contributed by atoms with Crippen LogP contribution in [0.3, 0.4) is 0 Å². The van der Waals surface area contributed by atoms with Crippen molar-refractivity contribution < 1.29 is 4.92 Å². The lowest BCUT2D eigenvalue weighted by atomic mass is 9.91. The predicted molar refractivity (Wildman–Crippen MR) is 75.9 cm³/mol. The van der Waals surface area contributed by atoms with Gasteiger partial charge in [-0.1, -0.05) is 32.1 Å². The van der Waals surface area contributed by atoms with Gasteiger partial charge in [0.05, 0.1) is 16.3 Å². The van der Waals surface area contributed by atoms with Crippen LogP contribution in [0.15, 0.2) is 18.2 Å². The molecule has 0 fully saturated rings. The van der Waals surface area contributed by atoms with Gasteiger partial charge in [0.25, 0.3) is 5.69 Å². The van der Waals surface area contributed by atoms with Crippen molar-refractivity contribution in [3.63, 3.8) is 0 Å². The lowest BCUT2D eigenvalue weighted by Gasteiger charge is -2.20. The largest absolute Gasteiger partial charge is 0.381 e. The third-order valence-electron chi connectivity index (χ3n) is 3.04. The van der Waals surface area contributed by atoms with E-state index < -0.39 is 4.92 Å². The minimum atomic E-state index is -0.407. The molecular weight excluding hydrogens is 258 g/mol. The quantitative estimate of drug-likeness (QED) is 0.669. The number of hydrogen-bond acceptors (Lipinski definition) is 5. The first-order chi connectivity index (χ1) is 9.21. The summed E-state index contributed by atoms with van der Waals surface area (Å²) in [5, 5.41) is 18.9. The van der Waals surface area contributed by atoms with Gasteiger partial charge in [0, 0.05) is 17.0 Å². The normalized spacial score (nSPS) is 11.6. The maximum atomic E-state index is 11.0. The Hall–Kier alpha value is -2.44. The standard InChI is InChI=1S/C13H17N5O2/c1-8-5-6-9(7-10(8)18(19)20)17-11(13(2,3)4)12(14)15-16-17/h5-7H,14H2,1-4H3. The number of aryl methyl sites for hydroxylation is 1. The summed E-state index contributed by atoms with van der Waals surface area (Å²) >= 11 is 0. The number of benzene rings is 1. The summed E-state index contributed by atoms with van der Waals surface area (Å²) in [6.45, 7) is 7.66. The Labute approximate surface area is 116 Å². The SMILES string of the molecule is Cc1ccc(-n2nnc(N)c2C(C)(C)C)cc1[N+](=O)[O-]. The Kier molecular flexibility index (Phi) is 3.21. The minimum Gasteiger partial charge on any atom is -0.381 e. The van der Waals surface area contributed by atoms with E-state index in [-0.39, 0.29) is 11.1 Å². The molecule has 1 heterocycles. The molecule has 0 aliphatic carbocycles. The molecule has 1 aromatic heterocycles. The van der Waals surface area contributed by atoms with E-state index in [2.05, 4.69) is 10.3 Å². The molecule has 0 amide bonds. The van der Waals surface area contributed by atoms with Gasteiger partial charge < -0.3 is 5.73 Å². The summed E-state index contributed by atoms with van der Waals surface area (Å²) in [4.78, 5) is 10.6. The highest BCUT2D eigenvalue weighted by atomic mass is 16.6. The van der Waals surface area contributed by atoms with Crippen LogP contribution in [-0.2, 0) is 5.41 Å². The third kappa shape index (κ3) is 2.34. The molecule has 0 saturated heterocycles. The first-order valence-electron chi connectivity index (χ1n) is 6.19. The number of nitro benzene ring substituents is 1. The highest BCUT2D eigenvalue weighted by Gasteiger charge is 2.25. The Morgan fingerprint density at radius 2 is 2.00 bits per heavy atom. The van der Waals surface area contributed by atoms with Crippen molar-refractivity contribution in [2.75, 3.05) is 5.73 Å². The van der Waals surface area contributed by atoms with Crippen molar-refractivity contribution in [1.29, 1.82) is 0 Å². The van der Waals surface area contributed by atoms with Crippen LogP contribution in [0.5, 0.6) is 0 Å². The molecule has 2 N–H and O–H groups in total. The van der Waals surface area contributed by atoms with Crippen molar-refractivity contribution in [3.8, 4) is 5.69 Å². The van der Waals surface area contributed by atoms with Crippen LogP contribution in [-0.4, -0.2) is 19.9 Å². The summed E-state index contributed by atoms with van der Waals surface area (Å²) in [6.07, 6.45) is 0. The highest BCUT2D eigenvalue weighted by Crippen LogP contribution is 2.30. The van der Waals surface area contributed by atoms with Crippen LogP contribution in [0, 0.1) is 17.0 Å². The number of nitrogens with zero attached hydrogens (tertiary/aromatic N) is 4. The molecule has 0 bridgehead atoms. The van der Waals surface area contributed by atoms with Crippen LogP contribution in [0.25, 0.3) is 5.69 Å². The molecule has 7 heteroatoms. The molecule has 0 radical (unpaired) electrons. The predicted octanol–water partition coefficient (Wildman–Crippen LogP) is 2.36. The lowest BCUT2D eigenvalue weighted by molar-refractivity contribution is -0.385. The fourth-order valence-electron chi connectivity index (χ4n) is 2.10.